The van der Waals surface area contributed by atoms with Crippen molar-refractivity contribution in [3.63, 3.8) is 0 Å². The third-order valence-electron chi connectivity index (χ3n) is 5.05. The lowest BCUT2D eigenvalue weighted by Crippen LogP contribution is -2.47. The molecule has 2 aliphatic rings. The van der Waals surface area contributed by atoms with Crippen LogP contribution >= 0.6 is 0 Å². The minimum atomic E-state index is -0.462. The Morgan fingerprint density at radius 3 is 2.38 bits per heavy atom. The van der Waals surface area contributed by atoms with Crippen LogP contribution in [0, 0.1) is 16.0 Å². The first-order valence-corrected chi connectivity index (χ1v) is 8.93. The Labute approximate surface area is 151 Å². The Morgan fingerprint density at radius 2 is 1.73 bits per heavy atom. The number of carbonyl (C=O) groups excluding carboxylic acids is 2. The van der Waals surface area contributed by atoms with E-state index in [1.54, 1.807) is 23.1 Å². The molecule has 0 spiro atoms. The highest BCUT2D eigenvalue weighted by Crippen LogP contribution is 2.23. The molecule has 2 aliphatic heterocycles. The molecular formula is C18H23N3O5. The van der Waals surface area contributed by atoms with E-state index in [9.17, 15) is 19.7 Å². The van der Waals surface area contributed by atoms with Crippen molar-refractivity contribution in [2.45, 2.75) is 19.3 Å². The number of morpholine rings is 1. The maximum absolute atomic E-state index is 12.5. The number of nitrogens with zero attached hydrogens (tertiary/aromatic N) is 3. The van der Waals surface area contributed by atoms with Gasteiger partial charge >= 0.3 is 0 Å². The molecular weight excluding hydrogens is 338 g/mol. The summed E-state index contributed by atoms with van der Waals surface area (Å²) in [4.78, 5) is 39.2. The van der Waals surface area contributed by atoms with Gasteiger partial charge < -0.3 is 14.5 Å². The molecule has 26 heavy (non-hydrogen) atoms. The fraction of sp³-hybridized carbons (Fsp3) is 0.556. The fourth-order valence-electron chi connectivity index (χ4n) is 3.53. The lowest BCUT2D eigenvalue weighted by molar-refractivity contribution is -0.385. The highest BCUT2D eigenvalue weighted by molar-refractivity contribution is 5.81. The average Bonchev–Trinajstić information content (AvgIpc) is 2.68. The van der Waals surface area contributed by atoms with E-state index in [-0.39, 0.29) is 29.8 Å². The van der Waals surface area contributed by atoms with Gasteiger partial charge in [0.15, 0.2) is 0 Å². The topological polar surface area (TPSA) is 93.0 Å². The second-order valence-electron chi connectivity index (χ2n) is 6.66. The predicted octanol–water partition coefficient (Wildman–Crippen LogP) is 1.23. The van der Waals surface area contributed by atoms with Crippen LogP contribution in [0.5, 0.6) is 0 Å². The first-order valence-electron chi connectivity index (χ1n) is 8.93. The molecule has 1 aromatic rings. The van der Waals surface area contributed by atoms with Gasteiger partial charge in [0.25, 0.3) is 5.69 Å². The standard InChI is InChI=1S/C18H23N3O5/c22-17(13-15-3-1-2-4-16(15)21(24)25)19-7-5-14(6-8-19)18(23)20-9-11-26-12-10-20/h1-4,14H,5-13H2. The molecule has 1 aromatic carbocycles. The molecule has 0 bridgehead atoms. The monoisotopic (exact) mass is 361 g/mol. The molecule has 140 valence electrons. The number of ether oxygens (including phenoxy) is 1. The minimum Gasteiger partial charge on any atom is -0.378 e. The maximum atomic E-state index is 12.5. The van der Waals surface area contributed by atoms with Crippen LogP contribution in [-0.2, 0) is 20.7 Å². The lowest BCUT2D eigenvalue weighted by atomic mass is 9.94. The summed E-state index contributed by atoms with van der Waals surface area (Å²) in [6.45, 7) is 3.46. The molecule has 0 unspecified atom stereocenters. The summed E-state index contributed by atoms with van der Waals surface area (Å²) in [5, 5.41) is 11.1. The van der Waals surface area contributed by atoms with Gasteiger partial charge in [-0.05, 0) is 12.8 Å². The fourth-order valence-corrected chi connectivity index (χ4v) is 3.53. The van der Waals surface area contributed by atoms with Crippen LogP contribution in [0.1, 0.15) is 18.4 Å². The van der Waals surface area contributed by atoms with Crippen molar-refractivity contribution in [3.05, 3.63) is 39.9 Å². The van der Waals surface area contributed by atoms with Crippen molar-refractivity contribution in [2.75, 3.05) is 39.4 Å². The number of nitro groups is 1. The Kier molecular flexibility index (Phi) is 5.82. The molecule has 0 saturated carbocycles. The largest absolute Gasteiger partial charge is 0.378 e. The zero-order chi connectivity index (χ0) is 18.5. The van der Waals surface area contributed by atoms with E-state index in [2.05, 4.69) is 0 Å². The van der Waals surface area contributed by atoms with E-state index in [0.29, 0.717) is 57.8 Å². The molecule has 2 saturated heterocycles. The molecule has 0 atom stereocenters. The molecule has 3 rings (SSSR count). The SMILES string of the molecule is O=C(Cc1ccccc1[N+](=O)[O-])N1CCC(C(=O)N2CCOCC2)CC1. The number of nitro benzene ring substituents is 1. The first kappa shape index (κ1) is 18.3. The third-order valence-corrected chi connectivity index (χ3v) is 5.05. The molecule has 2 heterocycles. The van der Waals surface area contributed by atoms with Crippen molar-refractivity contribution in [1.29, 1.82) is 0 Å². The quantitative estimate of drug-likeness (QED) is 0.594. The summed E-state index contributed by atoms with van der Waals surface area (Å²) in [6, 6.07) is 6.32. The smallest absolute Gasteiger partial charge is 0.273 e. The van der Waals surface area contributed by atoms with Gasteiger partial charge in [0.05, 0.1) is 24.6 Å². The van der Waals surface area contributed by atoms with E-state index < -0.39 is 4.92 Å². The Hall–Kier alpha value is -2.48. The summed E-state index contributed by atoms with van der Waals surface area (Å²) in [5.74, 6) is -0.0288. The summed E-state index contributed by atoms with van der Waals surface area (Å²) >= 11 is 0. The van der Waals surface area contributed by atoms with Gasteiger partial charge in [-0.25, -0.2) is 0 Å². The molecule has 0 aromatic heterocycles. The number of hydrogen-bond donors (Lipinski definition) is 0. The van der Waals surface area contributed by atoms with Crippen LogP contribution in [0.25, 0.3) is 0 Å². The van der Waals surface area contributed by atoms with E-state index in [1.807, 2.05) is 4.90 Å². The maximum Gasteiger partial charge on any atom is 0.273 e. The average molecular weight is 361 g/mol. The number of para-hydroxylation sites is 1. The Bertz CT molecular complexity index is 679. The zero-order valence-electron chi connectivity index (χ0n) is 14.6. The van der Waals surface area contributed by atoms with Crippen LogP contribution in [0.3, 0.4) is 0 Å². The van der Waals surface area contributed by atoms with E-state index >= 15 is 0 Å². The summed E-state index contributed by atoms with van der Waals surface area (Å²) in [7, 11) is 0. The lowest BCUT2D eigenvalue weighted by Gasteiger charge is -2.35. The predicted molar refractivity (Wildman–Crippen MR) is 93.5 cm³/mol. The number of hydrogen-bond acceptors (Lipinski definition) is 5. The van der Waals surface area contributed by atoms with Gasteiger partial charge in [-0.15, -0.1) is 0 Å². The molecule has 0 aliphatic carbocycles. The number of amides is 2. The highest BCUT2D eigenvalue weighted by Gasteiger charge is 2.31. The van der Waals surface area contributed by atoms with Gasteiger partial charge in [-0.1, -0.05) is 18.2 Å². The molecule has 0 N–H and O–H groups in total. The number of likely N-dealkylation sites (tertiary alicyclic amines) is 1. The van der Waals surface area contributed by atoms with E-state index in [0.717, 1.165) is 0 Å². The normalized spacial score (nSPS) is 18.6. The van der Waals surface area contributed by atoms with Crippen molar-refractivity contribution in [1.82, 2.24) is 9.80 Å². The number of carbonyl (C=O) groups is 2. The van der Waals surface area contributed by atoms with Crippen molar-refractivity contribution < 1.29 is 19.2 Å². The van der Waals surface area contributed by atoms with Gasteiger partial charge in [0.2, 0.25) is 11.8 Å². The highest BCUT2D eigenvalue weighted by atomic mass is 16.6. The van der Waals surface area contributed by atoms with Crippen LogP contribution in [0.15, 0.2) is 24.3 Å². The van der Waals surface area contributed by atoms with E-state index in [1.165, 1.54) is 6.07 Å². The molecule has 0 radical (unpaired) electrons. The van der Waals surface area contributed by atoms with Crippen LogP contribution < -0.4 is 0 Å². The van der Waals surface area contributed by atoms with Crippen molar-refractivity contribution >= 4 is 17.5 Å². The molecule has 2 amide bonds. The Balaban J connectivity index is 1.54. The number of benzene rings is 1. The van der Waals surface area contributed by atoms with Crippen LogP contribution in [0.4, 0.5) is 5.69 Å². The first-order chi connectivity index (χ1) is 12.6. The minimum absolute atomic E-state index is 0.0131. The van der Waals surface area contributed by atoms with Gasteiger partial charge in [0, 0.05) is 43.7 Å². The zero-order valence-corrected chi connectivity index (χ0v) is 14.6. The van der Waals surface area contributed by atoms with Gasteiger partial charge in [-0.2, -0.15) is 0 Å². The molecule has 8 heteroatoms. The van der Waals surface area contributed by atoms with Crippen LogP contribution in [-0.4, -0.2) is 65.9 Å². The van der Waals surface area contributed by atoms with Gasteiger partial charge in [-0.3, -0.25) is 19.7 Å². The van der Waals surface area contributed by atoms with E-state index in [4.69, 9.17) is 4.74 Å². The van der Waals surface area contributed by atoms with Crippen molar-refractivity contribution in [3.8, 4) is 0 Å². The third kappa shape index (κ3) is 4.19. The van der Waals surface area contributed by atoms with Gasteiger partial charge in [0.1, 0.15) is 0 Å². The van der Waals surface area contributed by atoms with Crippen molar-refractivity contribution in [2.24, 2.45) is 5.92 Å². The second kappa shape index (κ2) is 8.27. The number of piperidine rings is 1. The summed E-state index contributed by atoms with van der Waals surface area (Å²) in [5.41, 5.74) is 0.396. The summed E-state index contributed by atoms with van der Waals surface area (Å²) in [6.07, 6.45) is 1.29. The Morgan fingerprint density at radius 1 is 1.08 bits per heavy atom. The number of rotatable bonds is 4. The van der Waals surface area contributed by atoms with Crippen LogP contribution in [0.2, 0.25) is 0 Å². The molecule has 2 fully saturated rings. The summed E-state index contributed by atoms with van der Waals surface area (Å²) < 4.78 is 5.27. The molecule has 8 nitrogen and oxygen atoms in total. The second-order valence-corrected chi connectivity index (χ2v) is 6.66.